The fourth-order valence-electron chi connectivity index (χ4n) is 8.10. The van der Waals surface area contributed by atoms with Crippen molar-refractivity contribution in [3.63, 3.8) is 0 Å². The van der Waals surface area contributed by atoms with Crippen molar-refractivity contribution in [3.8, 4) is 0 Å². The zero-order valence-electron chi connectivity index (χ0n) is 39.6. The third kappa shape index (κ3) is 44.4. The number of hydrogen-bond acceptors (Lipinski definition) is 4. The summed E-state index contributed by atoms with van der Waals surface area (Å²) < 4.78 is 0. The fraction of sp³-hybridized carbons (Fsp3) is 0.870. The van der Waals surface area contributed by atoms with E-state index in [1.165, 1.54) is 218 Å². The number of unbranched alkanes of at least 4 members (excludes halogenated alkanes) is 36. The number of amides is 1. The van der Waals surface area contributed by atoms with Crippen molar-refractivity contribution in [2.45, 2.75) is 295 Å². The highest BCUT2D eigenvalue weighted by Crippen LogP contribution is 2.16. The number of carbonyl (C=O) groups is 1. The second kappa shape index (κ2) is 49.2. The summed E-state index contributed by atoms with van der Waals surface area (Å²) in [6.07, 6.45) is 63.4. The maximum absolute atomic E-state index is 12.5. The molecule has 0 saturated carbocycles. The molecule has 4 N–H and O–H groups in total. The summed E-state index contributed by atoms with van der Waals surface area (Å²) in [7, 11) is 0. The number of aliphatic hydroxyl groups excluding tert-OH is 3. The van der Waals surface area contributed by atoms with E-state index in [9.17, 15) is 20.1 Å². The lowest BCUT2D eigenvalue weighted by atomic mass is 10.0. The molecule has 0 aliphatic rings. The number of carbonyl (C=O) groups excluding carboxylic acids is 1. The zero-order valence-corrected chi connectivity index (χ0v) is 39.6. The van der Waals surface area contributed by atoms with E-state index in [1.807, 2.05) is 6.08 Å². The van der Waals surface area contributed by atoms with Crippen LogP contribution in [0.15, 0.2) is 36.5 Å². The van der Waals surface area contributed by atoms with Crippen molar-refractivity contribution in [2.75, 3.05) is 6.61 Å². The zero-order chi connectivity index (χ0) is 43.0. The van der Waals surface area contributed by atoms with Crippen molar-refractivity contribution in [2.24, 2.45) is 0 Å². The lowest BCUT2D eigenvalue weighted by Crippen LogP contribution is -2.48. The van der Waals surface area contributed by atoms with E-state index < -0.39 is 24.2 Å². The first-order valence-corrected chi connectivity index (χ1v) is 26.3. The summed E-state index contributed by atoms with van der Waals surface area (Å²) in [6, 6.07) is -0.799. The molecule has 59 heavy (non-hydrogen) atoms. The highest BCUT2D eigenvalue weighted by Gasteiger charge is 2.22. The van der Waals surface area contributed by atoms with Crippen LogP contribution in [0.4, 0.5) is 0 Å². The smallest absolute Gasteiger partial charge is 0.249 e. The van der Waals surface area contributed by atoms with Crippen LogP contribution in [0.1, 0.15) is 277 Å². The summed E-state index contributed by atoms with van der Waals surface area (Å²) in [5.74, 6) is -0.503. The molecular weight excluding hydrogens is 727 g/mol. The topological polar surface area (TPSA) is 89.8 Å². The molecule has 3 unspecified atom stereocenters. The van der Waals surface area contributed by atoms with Gasteiger partial charge in [-0.3, -0.25) is 4.79 Å². The highest BCUT2D eigenvalue weighted by atomic mass is 16.3. The van der Waals surface area contributed by atoms with Crippen LogP contribution in [0, 0.1) is 0 Å². The lowest BCUT2D eigenvalue weighted by Gasteiger charge is -2.21. The predicted molar refractivity (Wildman–Crippen MR) is 259 cm³/mol. The number of rotatable bonds is 48. The molecule has 3 atom stereocenters. The Morgan fingerprint density at radius 3 is 1.07 bits per heavy atom. The van der Waals surface area contributed by atoms with Crippen LogP contribution < -0.4 is 5.32 Å². The van der Waals surface area contributed by atoms with Crippen molar-refractivity contribution < 1.29 is 20.1 Å². The highest BCUT2D eigenvalue weighted by molar-refractivity contribution is 5.80. The van der Waals surface area contributed by atoms with Crippen LogP contribution in [0.25, 0.3) is 0 Å². The van der Waals surface area contributed by atoms with Crippen LogP contribution >= 0.6 is 0 Å². The second-order valence-corrected chi connectivity index (χ2v) is 18.1. The maximum atomic E-state index is 12.5. The number of hydrogen-bond donors (Lipinski definition) is 4. The minimum atomic E-state index is -1.10. The molecule has 0 aliphatic carbocycles. The van der Waals surface area contributed by atoms with Crippen LogP contribution in [0.3, 0.4) is 0 Å². The Morgan fingerprint density at radius 2 is 0.729 bits per heavy atom. The molecule has 0 aromatic carbocycles. The van der Waals surface area contributed by atoms with Crippen LogP contribution in [-0.4, -0.2) is 46.1 Å². The molecule has 0 aromatic rings. The first kappa shape index (κ1) is 57.6. The van der Waals surface area contributed by atoms with E-state index >= 15 is 0 Å². The van der Waals surface area contributed by atoms with E-state index in [0.717, 1.165) is 38.5 Å². The van der Waals surface area contributed by atoms with Gasteiger partial charge >= 0.3 is 0 Å². The quantitative estimate of drug-likeness (QED) is 0.0363. The molecule has 0 rings (SSSR count). The van der Waals surface area contributed by atoms with Gasteiger partial charge in [0.05, 0.1) is 18.8 Å². The van der Waals surface area contributed by atoms with Crippen molar-refractivity contribution >= 4 is 5.91 Å². The van der Waals surface area contributed by atoms with Gasteiger partial charge in [-0.05, 0) is 51.4 Å². The molecule has 0 fully saturated rings. The van der Waals surface area contributed by atoms with Gasteiger partial charge in [-0.25, -0.2) is 0 Å². The molecule has 0 saturated heterocycles. The van der Waals surface area contributed by atoms with Crippen LogP contribution in [0.5, 0.6) is 0 Å². The number of nitrogens with one attached hydrogen (secondary N) is 1. The lowest BCUT2D eigenvalue weighted by molar-refractivity contribution is -0.131. The average Bonchev–Trinajstić information content (AvgIpc) is 3.24. The molecular formula is C54H103NO4. The fourth-order valence-corrected chi connectivity index (χ4v) is 8.10. The summed E-state index contributed by atoms with van der Waals surface area (Å²) >= 11 is 0. The summed E-state index contributed by atoms with van der Waals surface area (Å²) in [5.41, 5.74) is 0. The van der Waals surface area contributed by atoms with E-state index in [4.69, 9.17) is 0 Å². The molecule has 0 radical (unpaired) electrons. The molecule has 348 valence electrons. The van der Waals surface area contributed by atoms with E-state index in [0.29, 0.717) is 6.42 Å². The average molecular weight is 830 g/mol. The molecule has 0 aliphatic heterocycles. The van der Waals surface area contributed by atoms with Gasteiger partial charge in [-0.2, -0.15) is 0 Å². The Labute approximate surface area is 368 Å². The Balaban J connectivity index is 3.61. The molecule has 0 bridgehead atoms. The van der Waals surface area contributed by atoms with Crippen molar-refractivity contribution in [1.29, 1.82) is 0 Å². The first-order chi connectivity index (χ1) is 29.1. The molecule has 1 amide bonds. The Kier molecular flexibility index (Phi) is 48.0. The van der Waals surface area contributed by atoms with Gasteiger partial charge in [-0.1, -0.05) is 262 Å². The van der Waals surface area contributed by atoms with Gasteiger partial charge in [-0.15, -0.1) is 0 Å². The summed E-state index contributed by atoms with van der Waals surface area (Å²) in [5, 5.41) is 33.3. The monoisotopic (exact) mass is 830 g/mol. The van der Waals surface area contributed by atoms with Gasteiger partial charge in [0.25, 0.3) is 0 Å². The Bertz CT molecular complexity index is 916. The normalized spacial score (nSPS) is 13.6. The summed E-state index contributed by atoms with van der Waals surface area (Å²) in [6.45, 7) is 4.20. The van der Waals surface area contributed by atoms with Crippen molar-refractivity contribution in [3.05, 3.63) is 36.5 Å². The van der Waals surface area contributed by atoms with Gasteiger partial charge in [0, 0.05) is 0 Å². The van der Waals surface area contributed by atoms with Crippen LogP contribution in [0.2, 0.25) is 0 Å². The van der Waals surface area contributed by atoms with E-state index in [1.54, 1.807) is 6.08 Å². The Morgan fingerprint density at radius 1 is 0.424 bits per heavy atom. The van der Waals surface area contributed by atoms with Crippen molar-refractivity contribution in [1.82, 2.24) is 5.32 Å². The van der Waals surface area contributed by atoms with Gasteiger partial charge in [0.1, 0.15) is 6.10 Å². The largest absolute Gasteiger partial charge is 0.394 e. The molecule has 5 heteroatoms. The van der Waals surface area contributed by atoms with E-state index in [-0.39, 0.29) is 6.61 Å². The van der Waals surface area contributed by atoms with Gasteiger partial charge in [0.2, 0.25) is 5.91 Å². The standard InChI is InChI=1S/C54H103NO4/c1-3-5-7-9-11-13-15-17-19-21-23-24-25-26-27-28-29-31-33-35-37-39-41-43-45-47-49-53(58)54(59)55-51(50-56)52(57)48-46-44-42-40-38-36-34-32-30-22-20-18-16-14-12-10-8-6-4-2/h23-24,26-27,46,48,51-53,56-58H,3-22,25,28-45,47,49-50H2,1-2H3,(H,55,59)/b24-23-,27-26-,48-46+. The Hall–Kier alpha value is -1.43. The van der Waals surface area contributed by atoms with Gasteiger partial charge in [0.15, 0.2) is 0 Å². The van der Waals surface area contributed by atoms with Crippen LogP contribution in [-0.2, 0) is 4.79 Å². The molecule has 0 heterocycles. The third-order valence-electron chi connectivity index (χ3n) is 12.2. The third-order valence-corrected chi connectivity index (χ3v) is 12.2. The minimum Gasteiger partial charge on any atom is -0.394 e. The molecule has 0 spiro atoms. The predicted octanol–water partition coefficient (Wildman–Crippen LogP) is 15.9. The second-order valence-electron chi connectivity index (χ2n) is 18.1. The molecule has 0 aromatic heterocycles. The minimum absolute atomic E-state index is 0.364. The first-order valence-electron chi connectivity index (χ1n) is 26.3. The SMILES string of the molecule is CCCCCCCCCCC/C=C\C/C=C\CCCCCCCCCCCCC(O)C(=O)NC(CO)C(O)/C=C/CCCCCCCCCCCCCCCCCCC. The number of aliphatic hydroxyl groups is 3. The molecule has 5 nitrogen and oxygen atoms in total. The number of allylic oxidation sites excluding steroid dienone is 5. The maximum Gasteiger partial charge on any atom is 0.249 e. The van der Waals surface area contributed by atoms with Gasteiger partial charge < -0.3 is 20.6 Å². The summed E-state index contributed by atoms with van der Waals surface area (Å²) in [4.78, 5) is 12.5. The van der Waals surface area contributed by atoms with E-state index in [2.05, 4.69) is 43.5 Å².